The molecule has 130 valence electrons. The van der Waals surface area contributed by atoms with Crippen molar-refractivity contribution >= 4 is 28.9 Å². The molecular weight excluding hydrogens is 354 g/mol. The summed E-state index contributed by atoms with van der Waals surface area (Å²) in [4.78, 5) is 6.32. The van der Waals surface area contributed by atoms with Crippen LogP contribution in [0.1, 0.15) is 12.5 Å². The van der Waals surface area contributed by atoms with Crippen LogP contribution >= 0.6 is 22.7 Å². The average Bonchev–Trinajstić information content (AvgIpc) is 3.30. The van der Waals surface area contributed by atoms with Crippen LogP contribution in [0.3, 0.4) is 0 Å². The molecule has 0 fully saturated rings. The van der Waals surface area contributed by atoms with Crippen molar-refractivity contribution in [1.82, 2.24) is 4.68 Å². The van der Waals surface area contributed by atoms with Gasteiger partial charge in [0.2, 0.25) is 4.80 Å². The predicted molar refractivity (Wildman–Crippen MR) is 104 cm³/mol. The minimum absolute atomic E-state index is 0.597. The fourth-order valence-corrected chi connectivity index (χ4v) is 3.92. The molecule has 0 saturated carbocycles. The van der Waals surface area contributed by atoms with Crippen LogP contribution in [0.4, 0.5) is 0 Å². The number of rotatable bonds is 6. The van der Waals surface area contributed by atoms with Gasteiger partial charge in [-0.15, -0.1) is 22.7 Å². The highest BCUT2D eigenvalue weighted by Gasteiger charge is 2.08. The molecule has 0 atom stereocenters. The van der Waals surface area contributed by atoms with Gasteiger partial charge in [-0.05, 0) is 42.1 Å². The van der Waals surface area contributed by atoms with E-state index in [9.17, 15) is 0 Å². The number of ether oxygens (including phenoxy) is 2. The van der Waals surface area contributed by atoms with Crippen LogP contribution in [0, 0.1) is 0 Å². The Morgan fingerprint density at radius 2 is 2.08 bits per heavy atom. The normalized spacial score (nSPS) is 12.0. The van der Waals surface area contributed by atoms with Crippen LogP contribution in [0.15, 0.2) is 51.2 Å². The van der Waals surface area contributed by atoms with Gasteiger partial charge in [-0.25, -0.2) is 4.68 Å². The number of hydrogen-bond acceptors (Lipinski definition) is 6. The lowest BCUT2D eigenvalue weighted by molar-refractivity contribution is 0.311. The topological polar surface area (TPSA) is 48.1 Å². The van der Waals surface area contributed by atoms with Crippen molar-refractivity contribution in [3.8, 4) is 22.1 Å². The van der Waals surface area contributed by atoms with Crippen molar-refractivity contribution in [1.29, 1.82) is 0 Å². The largest absolute Gasteiger partial charge is 0.493 e. The Morgan fingerprint density at radius 1 is 1.20 bits per heavy atom. The standard InChI is InChI=1S/C18H19N3O2S2/c1-4-23-15-8-7-13(10-16(15)22-3)11-20-21-14(12-25-18(21)19-2)17-6-5-9-24-17/h5-12H,4H2,1-3H3. The summed E-state index contributed by atoms with van der Waals surface area (Å²) in [5.74, 6) is 1.42. The van der Waals surface area contributed by atoms with E-state index in [1.807, 2.05) is 35.9 Å². The lowest BCUT2D eigenvalue weighted by Gasteiger charge is -2.09. The van der Waals surface area contributed by atoms with Crippen LogP contribution in [0.5, 0.6) is 11.5 Å². The first-order valence-electron chi connectivity index (χ1n) is 7.79. The molecule has 25 heavy (non-hydrogen) atoms. The predicted octanol–water partition coefficient (Wildman–Crippen LogP) is 4.10. The fourth-order valence-electron chi connectivity index (χ4n) is 2.32. The fraction of sp³-hybridized carbons (Fsp3) is 0.222. The van der Waals surface area contributed by atoms with E-state index < -0.39 is 0 Å². The van der Waals surface area contributed by atoms with Crippen LogP contribution < -0.4 is 14.3 Å². The second-order valence-electron chi connectivity index (χ2n) is 5.00. The molecule has 3 aromatic rings. The van der Waals surface area contributed by atoms with Gasteiger partial charge in [0.1, 0.15) is 0 Å². The van der Waals surface area contributed by atoms with E-state index in [0.29, 0.717) is 12.4 Å². The Morgan fingerprint density at radius 3 is 2.76 bits per heavy atom. The molecule has 0 aliphatic rings. The van der Waals surface area contributed by atoms with Crippen LogP contribution in [0.25, 0.3) is 10.6 Å². The summed E-state index contributed by atoms with van der Waals surface area (Å²) in [6, 6.07) is 9.88. The van der Waals surface area contributed by atoms with Gasteiger partial charge in [0.15, 0.2) is 11.5 Å². The lowest BCUT2D eigenvalue weighted by atomic mass is 10.2. The molecule has 0 amide bonds. The second kappa shape index (κ2) is 8.13. The van der Waals surface area contributed by atoms with Gasteiger partial charge in [0.25, 0.3) is 0 Å². The smallest absolute Gasteiger partial charge is 0.205 e. The zero-order valence-corrected chi connectivity index (χ0v) is 15.9. The molecule has 1 aromatic carbocycles. The molecule has 0 aliphatic carbocycles. The summed E-state index contributed by atoms with van der Waals surface area (Å²) in [5.41, 5.74) is 1.97. The van der Waals surface area contributed by atoms with Crippen LogP contribution in [-0.2, 0) is 0 Å². The molecule has 0 bridgehead atoms. The van der Waals surface area contributed by atoms with E-state index in [-0.39, 0.29) is 0 Å². The first-order valence-corrected chi connectivity index (χ1v) is 9.55. The summed E-state index contributed by atoms with van der Waals surface area (Å²) < 4.78 is 12.8. The highest BCUT2D eigenvalue weighted by molar-refractivity contribution is 7.14. The van der Waals surface area contributed by atoms with Crippen LogP contribution in [0.2, 0.25) is 0 Å². The molecule has 0 radical (unpaired) electrons. The molecule has 7 heteroatoms. The Bertz CT molecular complexity index is 924. The molecule has 2 heterocycles. The zero-order chi connectivity index (χ0) is 17.6. The number of benzene rings is 1. The first kappa shape index (κ1) is 17.4. The molecule has 2 aromatic heterocycles. The molecule has 5 nitrogen and oxygen atoms in total. The van der Waals surface area contributed by atoms with Gasteiger partial charge >= 0.3 is 0 Å². The highest BCUT2D eigenvalue weighted by Crippen LogP contribution is 2.28. The van der Waals surface area contributed by atoms with E-state index in [0.717, 1.165) is 26.7 Å². The van der Waals surface area contributed by atoms with Gasteiger partial charge in [-0.3, -0.25) is 4.99 Å². The van der Waals surface area contributed by atoms with Crippen molar-refractivity contribution < 1.29 is 9.47 Å². The van der Waals surface area contributed by atoms with Crippen molar-refractivity contribution in [3.05, 3.63) is 51.5 Å². The average molecular weight is 374 g/mol. The Kier molecular flexibility index (Phi) is 5.67. The highest BCUT2D eigenvalue weighted by atomic mass is 32.1. The number of methoxy groups -OCH3 is 1. The van der Waals surface area contributed by atoms with Crippen molar-refractivity contribution in [2.45, 2.75) is 6.92 Å². The summed E-state index contributed by atoms with van der Waals surface area (Å²) in [5, 5.41) is 8.76. The van der Waals surface area contributed by atoms with Gasteiger partial charge in [0.05, 0.1) is 30.5 Å². The van der Waals surface area contributed by atoms with Gasteiger partial charge in [-0.1, -0.05) is 6.07 Å². The lowest BCUT2D eigenvalue weighted by Crippen LogP contribution is -2.11. The van der Waals surface area contributed by atoms with E-state index in [2.05, 4.69) is 26.9 Å². The maximum atomic E-state index is 5.55. The maximum Gasteiger partial charge on any atom is 0.205 e. The second-order valence-corrected chi connectivity index (χ2v) is 6.79. The maximum absolute atomic E-state index is 5.55. The molecule has 0 saturated heterocycles. The number of thiophene rings is 1. The van der Waals surface area contributed by atoms with Crippen molar-refractivity contribution in [3.63, 3.8) is 0 Å². The zero-order valence-electron chi connectivity index (χ0n) is 14.3. The van der Waals surface area contributed by atoms with Crippen molar-refractivity contribution in [2.75, 3.05) is 20.8 Å². The molecule has 0 unspecified atom stereocenters. The molecule has 3 rings (SSSR count). The molecular formula is C18H19N3O2S2. The molecule has 0 spiro atoms. The summed E-state index contributed by atoms with van der Waals surface area (Å²) >= 11 is 3.25. The van der Waals surface area contributed by atoms with E-state index >= 15 is 0 Å². The van der Waals surface area contributed by atoms with E-state index in [1.165, 1.54) is 0 Å². The number of hydrogen-bond donors (Lipinski definition) is 0. The molecule has 0 N–H and O–H groups in total. The quantitative estimate of drug-likeness (QED) is 0.611. The third-order valence-corrected chi connectivity index (χ3v) is 5.26. The third-order valence-electron chi connectivity index (χ3n) is 3.46. The minimum Gasteiger partial charge on any atom is -0.493 e. The monoisotopic (exact) mass is 373 g/mol. The molecule has 0 aliphatic heterocycles. The number of thiazole rings is 1. The van der Waals surface area contributed by atoms with Gasteiger partial charge < -0.3 is 9.47 Å². The summed E-state index contributed by atoms with van der Waals surface area (Å²) in [6.07, 6.45) is 1.80. The Balaban J connectivity index is 1.96. The first-order chi connectivity index (χ1) is 12.3. The SMILES string of the molecule is CCOc1ccc(C=Nn2c(-c3cccs3)csc2=NC)cc1OC. The Hall–Kier alpha value is -2.38. The summed E-state index contributed by atoms with van der Waals surface area (Å²) in [7, 11) is 3.41. The van der Waals surface area contributed by atoms with Crippen LogP contribution in [-0.4, -0.2) is 31.7 Å². The Labute approximate surface area is 154 Å². The van der Waals surface area contributed by atoms with Gasteiger partial charge in [0, 0.05) is 12.4 Å². The van der Waals surface area contributed by atoms with Gasteiger partial charge in [-0.2, -0.15) is 5.10 Å². The van der Waals surface area contributed by atoms with E-state index in [4.69, 9.17) is 9.47 Å². The minimum atomic E-state index is 0.597. The summed E-state index contributed by atoms with van der Waals surface area (Å²) in [6.45, 7) is 2.55. The third kappa shape index (κ3) is 3.83. The van der Waals surface area contributed by atoms with Crippen molar-refractivity contribution in [2.24, 2.45) is 10.1 Å². The van der Waals surface area contributed by atoms with E-state index in [1.54, 1.807) is 43.0 Å². The number of nitrogens with zero attached hydrogens (tertiary/aromatic N) is 3. The number of aromatic nitrogens is 1.